The van der Waals surface area contributed by atoms with Crippen molar-refractivity contribution in [1.29, 1.82) is 0 Å². The third kappa shape index (κ3) is 6.70. The van der Waals surface area contributed by atoms with Gasteiger partial charge in [-0.1, -0.05) is 83.8 Å². The lowest BCUT2D eigenvalue weighted by Gasteiger charge is -2.55. The van der Waals surface area contributed by atoms with Crippen molar-refractivity contribution in [2.24, 2.45) is 34.5 Å². The summed E-state index contributed by atoms with van der Waals surface area (Å²) in [4.78, 5) is 67.1. The van der Waals surface area contributed by atoms with E-state index in [2.05, 4.69) is 6.92 Å². The van der Waals surface area contributed by atoms with E-state index in [4.69, 9.17) is 4.74 Å². The molecule has 2 heterocycles. The number of rotatable bonds is 13. The molecule has 2 bridgehead atoms. The zero-order chi connectivity index (χ0) is 31.5. The van der Waals surface area contributed by atoms with Crippen molar-refractivity contribution in [3.05, 3.63) is 36.0 Å². The number of esters is 1. The van der Waals surface area contributed by atoms with E-state index in [1.807, 2.05) is 47.6 Å². The van der Waals surface area contributed by atoms with Crippen LogP contribution in [0.3, 0.4) is 0 Å². The van der Waals surface area contributed by atoms with E-state index in [-0.39, 0.29) is 41.3 Å². The summed E-state index contributed by atoms with van der Waals surface area (Å²) in [5, 5.41) is 0. The van der Waals surface area contributed by atoms with Crippen LogP contribution < -0.4 is 0 Å². The van der Waals surface area contributed by atoms with Crippen molar-refractivity contribution >= 4 is 29.2 Å². The van der Waals surface area contributed by atoms with Gasteiger partial charge in [0.25, 0.3) is 0 Å². The number of Topliss-reactive ketones (excluding diaryl/α,β-unsaturated/α-hetero) is 2. The Kier molecular flexibility index (Phi) is 10.6. The van der Waals surface area contributed by atoms with Gasteiger partial charge in [-0.25, -0.2) is 0 Å². The van der Waals surface area contributed by atoms with Gasteiger partial charge >= 0.3 is 5.97 Å². The third-order valence-electron chi connectivity index (χ3n) is 9.99. The highest BCUT2D eigenvalue weighted by molar-refractivity contribution is 6.37. The largest absolute Gasteiger partial charge is 0.465 e. The highest BCUT2D eigenvalue weighted by atomic mass is 16.5. The summed E-state index contributed by atoms with van der Waals surface area (Å²) < 4.78 is 5.33. The fraction of sp³-hybridized carbons (Fsp3) is 0.686. The zero-order valence-electron chi connectivity index (χ0n) is 27.0. The Morgan fingerprint density at radius 3 is 2.14 bits per heavy atom. The number of fused-ring (bicyclic) bond motifs is 1. The molecule has 0 aromatic carbocycles. The van der Waals surface area contributed by atoms with E-state index < -0.39 is 34.4 Å². The van der Waals surface area contributed by atoms with E-state index in [9.17, 15) is 24.0 Å². The minimum atomic E-state index is -1.01. The molecule has 0 spiro atoms. The molecule has 2 saturated heterocycles. The summed E-state index contributed by atoms with van der Waals surface area (Å²) in [7, 11) is 0. The number of nitrogens with zero attached hydrogens (tertiary/aromatic N) is 1. The van der Waals surface area contributed by atoms with Gasteiger partial charge in [0.1, 0.15) is 5.54 Å². The van der Waals surface area contributed by atoms with Crippen molar-refractivity contribution in [2.45, 2.75) is 106 Å². The van der Waals surface area contributed by atoms with Crippen LogP contribution >= 0.6 is 0 Å². The Morgan fingerprint density at radius 1 is 0.952 bits per heavy atom. The van der Waals surface area contributed by atoms with Crippen LogP contribution in [0.15, 0.2) is 36.0 Å². The van der Waals surface area contributed by atoms with Gasteiger partial charge in [-0.05, 0) is 56.4 Å². The van der Waals surface area contributed by atoms with Gasteiger partial charge < -0.3 is 9.64 Å². The Bertz CT molecular complexity index is 1160. The first-order valence-electron chi connectivity index (χ1n) is 15.6. The van der Waals surface area contributed by atoms with Crippen LogP contribution in [0.25, 0.3) is 0 Å². The molecule has 232 valence electrons. The average molecular weight is 582 g/mol. The fourth-order valence-electron chi connectivity index (χ4n) is 7.25. The molecule has 4 fully saturated rings. The van der Waals surface area contributed by atoms with Crippen LogP contribution in [-0.2, 0) is 28.7 Å². The van der Waals surface area contributed by atoms with Gasteiger partial charge in [0, 0.05) is 18.9 Å². The summed E-state index contributed by atoms with van der Waals surface area (Å²) >= 11 is 0. The maximum absolute atomic E-state index is 14.5. The Balaban J connectivity index is 1.92. The van der Waals surface area contributed by atoms with Crippen molar-refractivity contribution in [3.8, 4) is 0 Å². The summed E-state index contributed by atoms with van der Waals surface area (Å²) in [5.74, 6) is -2.54. The van der Waals surface area contributed by atoms with Crippen molar-refractivity contribution in [1.82, 2.24) is 4.90 Å². The SMILES string of the molecule is CC(=O)C(=O)C(C=C(C)C)/C=C/C(=O)[C@]12CC(CN1C(=O)[C@@H](/C=C/CC(=O)OCC(C)C)C1(C)CCCCC1)C2(C)C. The number of hydrogen-bond acceptors (Lipinski definition) is 6. The first-order valence-corrected chi connectivity index (χ1v) is 15.6. The topological polar surface area (TPSA) is 97.8 Å². The van der Waals surface area contributed by atoms with Crippen molar-refractivity contribution < 1.29 is 28.7 Å². The van der Waals surface area contributed by atoms with Gasteiger partial charge in [0.05, 0.1) is 24.9 Å². The number of carbonyl (C=O) groups is 5. The molecule has 2 saturated carbocycles. The zero-order valence-corrected chi connectivity index (χ0v) is 27.0. The maximum Gasteiger partial charge on any atom is 0.309 e. The lowest BCUT2D eigenvalue weighted by atomic mass is 9.51. The highest BCUT2D eigenvalue weighted by Crippen LogP contribution is 2.64. The second kappa shape index (κ2) is 13.2. The van der Waals surface area contributed by atoms with Crippen LogP contribution in [0, 0.1) is 34.5 Å². The predicted molar refractivity (Wildman–Crippen MR) is 163 cm³/mol. The summed E-state index contributed by atoms with van der Waals surface area (Å²) in [6.45, 7) is 16.0. The molecule has 0 radical (unpaired) electrons. The molecule has 2 aliphatic carbocycles. The maximum atomic E-state index is 14.5. The highest BCUT2D eigenvalue weighted by Gasteiger charge is 2.73. The van der Waals surface area contributed by atoms with Crippen molar-refractivity contribution in [2.75, 3.05) is 13.2 Å². The third-order valence-corrected chi connectivity index (χ3v) is 9.99. The molecule has 0 N–H and O–H groups in total. The molecule has 7 nitrogen and oxygen atoms in total. The molecular formula is C35H51NO6. The molecule has 0 aromatic rings. The number of allylic oxidation sites excluding steroid dienone is 3. The van der Waals surface area contributed by atoms with Gasteiger partial charge in [-0.3, -0.25) is 24.0 Å². The number of amides is 1. The van der Waals surface area contributed by atoms with Crippen LogP contribution in [0.5, 0.6) is 0 Å². The number of carbonyl (C=O) groups excluding carboxylic acids is 5. The molecule has 42 heavy (non-hydrogen) atoms. The molecule has 0 aromatic heterocycles. The number of hydrogen-bond donors (Lipinski definition) is 0. The van der Waals surface area contributed by atoms with Gasteiger partial charge in [0.2, 0.25) is 11.7 Å². The number of ether oxygens (including phenoxy) is 1. The van der Waals surface area contributed by atoms with E-state index in [1.165, 1.54) is 19.1 Å². The van der Waals surface area contributed by atoms with Crippen LogP contribution in [0.1, 0.15) is 100 Å². The van der Waals surface area contributed by atoms with E-state index in [0.29, 0.717) is 19.6 Å². The molecule has 4 rings (SSSR count). The molecule has 2 unspecified atom stereocenters. The summed E-state index contributed by atoms with van der Waals surface area (Å²) in [6.07, 6.45) is 14.0. The van der Waals surface area contributed by atoms with Gasteiger partial charge in [0.15, 0.2) is 11.6 Å². The molecular weight excluding hydrogens is 530 g/mol. The van der Waals surface area contributed by atoms with Gasteiger partial charge in [-0.15, -0.1) is 0 Å². The first kappa shape index (κ1) is 33.7. The normalized spacial score (nSPS) is 25.6. The Morgan fingerprint density at radius 2 is 1.60 bits per heavy atom. The standard InChI is InChI=1S/C35H51NO6/c1-23(2)19-26(31(40)25(5)37)15-16-29(38)35-20-27(33(35,6)7)21-36(35)32(41)28(34(8)17-10-9-11-18-34)13-12-14-30(39)42-22-24(3)4/h12-13,15-16,19,24,26-28H,9-11,14,17-18,20-22H2,1-8H3/b13-12+,16-15+/t26?,27?,28-,35+/m1/s1. The molecule has 4 atom stereocenters. The first-order chi connectivity index (χ1) is 19.6. The molecule has 7 heteroatoms. The van der Waals surface area contributed by atoms with E-state index >= 15 is 0 Å². The lowest BCUT2D eigenvalue weighted by Crippen LogP contribution is -2.66. The quantitative estimate of drug-likeness (QED) is 0.111. The minimum Gasteiger partial charge on any atom is -0.465 e. The average Bonchev–Trinajstić information content (AvgIpc) is 3.45. The van der Waals surface area contributed by atoms with Crippen molar-refractivity contribution in [3.63, 3.8) is 0 Å². The van der Waals surface area contributed by atoms with E-state index in [1.54, 1.807) is 17.1 Å². The van der Waals surface area contributed by atoms with Crippen LogP contribution in [-0.4, -0.2) is 52.8 Å². The molecule has 1 amide bonds. The fourth-order valence-corrected chi connectivity index (χ4v) is 7.25. The molecule has 4 aliphatic rings. The van der Waals surface area contributed by atoms with Crippen LogP contribution in [0.2, 0.25) is 0 Å². The summed E-state index contributed by atoms with van der Waals surface area (Å²) in [6, 6.07) is 0. The lowest BCUT2D eigenvalue weighted by molar-refractivity contribution is -0.156. The Hall–Kier alpha value is -2.83. The van der Waals surface area contributed by atoms with Gasteiger partial charge in [-0.2, -0.15) is 0 Å². The number of ketones is 3. The molecule has 2 aliphatic heterocycles. The minimum absolute atomic E-state index is 0.0679. The smallest absolute Gasteiger partial charge is 0.309 e. The van der Waals surface area contributed by atoms with E-state index in [0.717, 1.165) is 37.7 Å². The second-order valence-corrected chi connectivity index (χ2v) is 14.2. The monoisotopic (exact) mass is 581 g/mol. The summed E-state index contributed by atoms with van der Waals surface area (Å²) in [5.41, 5.74) is -0.834. The Labute approximate surface area is 252 Å². The van der Waals surface area contributed by atoms with Crippen LogP contribution in [0.4, 0.5) is 0 Å². The second-order valence-electron chi connectivity index (χ2n) is 14.2. The predicted octanol–water partition coefficient (Wildman–Crippen LogP) is 6.21.